The molecule has 0 aliphatic carbocycles. The third-order valence-corrected chi connectivity index (χ3v) is 10.9. The Morgan fingerprint density at radius 1 is 1.02 bits per heavy atom. The van der Waals surface area contributed by atoms with Gasteiger partial charge in [-0.15, -0.1) is 11.8 Å². The Morgan fingerprint density at radius 3 is 2.51 bits per heavy atom. The molecule has 3 aromatic rings. The Morgan fingerprint density at radius 2 is 1.79 bits per heavy atom. The van der Waals surface area contributed by atoms with Crippen LogP contribution in [0.15, 0.2) is 54.6 Å². The van der Waals surface area contributed by atoms with Gasteiger partial charge in [0.05, 0.1) is 6.61 Å². The standard InChI is InChI=1S/C35H41ClF2N2O6S/c1-18-11-21(33-31(42)30(41)32(43)35(46-33)47-2)13-20(29(18)36)12-19-3-6-24(7-4-19)45-25-9-10-40(16-25)23-15-28(39)34(44-17-23)26-14-22(37)5-8-27(26)38/h3-8,11,13-14,23,25,28,30-35,41-43H,9-10,12,15-17,39H2,1-2H3/t23-,25?,28+,30-,31-,32+,33+,34-,35-/m1/s1. The molecule has 5 N–H and O–H groups in total. The van der Waals surface area contributed by atoms with Crippen molar-refractivity contribution in [2.75, 3.05) is 26.0 Å². The van der Waals surface area contributed by atoms with Gasteiger partial charge < -0.3 is 35.3 Å². The summed E-state index contributed by atoms with van der Waals surface area (Å²) in [5.41, 5.74) is 9.26. The molecule has 0 radical (unpaired) electrons. The summed E-state index contributed by atoms with van der Waals surface area (Å²) in [7, 11) is 0. The lowest BCUT2D eigenvalue weighted by molar-refractivity contribution is -0.200. The number of nitrogens with two attached hydrogens (primary N) is 1. The van der Waals surface area contributed by atoms with Gasteiger partial charge in [0, 0.05) is 35.8 Å². The van der Waals surface area contributed by atoms with E-state index in [0.717, 1.165) is 53.6 Å². The van der Waals surface area contributed by atoms with Gasteiger partial charge in [-0.2, -0.15) is 0 Å². The van der Waals surface area contributed by atoms with Gasteiger partial charge in [-0.1, -0.05) is 35.9 Å². The van der Waals surface area contributed by atoms with Gasteiger partial charge in [-0.3, -0.25) is 4.90 Å². The van der Waals surface area contributed by atoms with Crippen LogP contribution in [0.5, 0.6) is 5.75 Å². The molecule has 9 atom stereocenters. The van der Waals surface area contributed by atoms with Crippen molar-refractivity contribution in [3.63, 3.8) is 0 Å². The molecule has 47 heavy (non-hydrogen) atoms. The van der Waals surface area contributed by atoms with E-state index in [2.05, 4.69) is 4.90 Å². The number of hydrogen-bond donors (Lipinski definition) is 4. The van der Waals surface area contributed by atoms with Crippen molar-refractivity contribution >= 4 is 23.4 Å². The second-order valence-electron chi connectivity index (χ2n) is 12.8. The van der Waals surface area contributed by atoms with Crippen molar-refractivity contribution in [1.82, 2.24) is 4.90 Å². The number of nitrogens with zero attached hydrogens (tertiary/aromatic N) is 1. The Hall–Kier alpha value is -2.32. The molecule has 0 amide bonds. The minimum Gasteiger partial charge on any atom is -0.489 e. The van der Waals surface area contributed by atoms with E-state index in [-0.39, 0.29) is 17.7 Å². The van der Waals surface area contributed by atoms with Crippen LogP contribution >= 0.6 is 23.4 Å². The van der Waals surface area contributed by atoms with E-state index < -0.39 is 53.6 Å². The lowest BCUT2D eigenvalue weighted by Crippen LogP contribution is -2.52. The van der Waals surface area contributed by atoms with Gasteiger partial charge in [0.2, 0.25) is 0 Å². The number of aryl methyl sites for hydroxylation is 1. The molecule has 3 fully saturated rings. The van der Waals surface area contributed by atoms with Crippen LogP contribution in [0.2, 0.25) is 5.02 Å². The normalized spacial score (nSPS) is 31.6. The van der Waals surface area contributed by atoms with Gasteiger partial charge >= 0.3 is 0 Å². The Kier molecular flexibility index (Phi) is 10.8. The van der Waals surface area contributed by atoms with Gasteiger partial charge in [0.1, 0.15) is 59.4 Å². The SMILES string of the molecule is CS[C@H]1O[C@@H](c2cc(C)c(Cl)c(Cc3ccc(OC4CCN([C@H]5CO[C@H](c6cc(F)ccc6F)[C@@H](N)C5)C4)cc3)c2)[C@H](O)[C@@H](O)[C@@H]1O. The molecule has 1 unspecified atom stereocenters. The molecule has 8 nitrogen and oxygen atoms in total. The molecule has 3 aliphatic heterocycles. The van der Waals surface area contributed by atoms with Crippen LogP contribution in [0.4, 0.5) is 8.78 Å². The maximum Gasteiger partial charge on any atom is 0.132 e. The van der Waals surface area contributed by atoms with E-state index in [1.54, 1.807) is 6.26 Å². The first-order valence-corrected chi connectivity index (χ1v) is 17.5. The monoisotopic (exact) mass is 690 g/mol. The Bertz CT molecular complexity index is 1550. The van der Waals surface area contributed by atoms with Crippen molar-refractivity contribution in [3.05, 3.63) is 99.1 Å². The van der Waals surface area contributed by atoms with Crippen LogP contribution < -0.4 is 10.5 Å². The van der Waals surface area contributed by atoms with E-state index in [4.69, 9.17) is 31.5 Å². The molecule has 0 bridgehead atoms. The Balaban J connectivity index is 1.05. The fraction of sp³-hybridized carbons (Fsp3) is 0.486. The zero-order valence-electron chi connectivity index (χ0n) is 26.3. The van der Waals surface area contributed by atoms with Gasteiger partial charge in [-0.05, 0) is 85.0 Å². The summed E-state index contributed by atoms with van der Waals surface area (Å²) in [6.07, 6.45) is -1.54. The van der Waals surface area contributed by atoms with Crippen molar-refractivity contribution in [1.29, 1.82) is 0 Å². The lowest BCUT2D eigenvalue weighted by atomic mass is 9.91. The molecule has 0 saturated carbocycles. The summed E-state index contributed by atoms with van der Waals surface area (Å²) in [6, 6.07) is 14.6. The molecular weight excluding hydrogens is 650 g/mol. The fourth-order valence-corrected chi connectivity index (χ4v) is 7.76. The molecule has 3 aliphatic rings. The third kappa shape index (κ3) is 7.49. The van der Waals surface area contributed by atoms with Crippen molar-refractivity contribution < 1.29 is 38.3 Å². The maximum atomic E-state index is 14.3. The minimum atomic E-state index is -1.33. The van der Waals surface area contributed by atoms with Gasteiger partial charge in [0.25, 0.3) is 0 Å². The number of thioether (sulfide) groups is 1. The van der Waals surface area contributed by atoms with Crippen LogP contribution in [0.25, 0.3) is 0 Å². The molecule has 6 rings (SSSR count). The van der Waals surface area contributed by atoms with Crippen molar-refractivity contribution in [2.24, 2.45) is 5.73 Å². The smallest absolute Gasteiger partial charge is 0.132 e. The summed E-state index contributed by atoms with van der Waals surface area (Å²) < 4.78 is 46.3. The van der Waals surface area contributed by atoms with Crippen molar-refractivity contribution in [3.8, 4) is 5.75 Å². The highest BCUT2D eigenvalue weighted by atomic mass is 35.5. The third-order valence-electron chi connectivity index (χ3n) is 9.46. The minimum absolute atomic E-state index is 0.00913. The zero-order chi connectivity index (χ0) is 33.4. The quantitative estimate of drug-likeness (QED) is 0.268. The predicted molar refractivity (Wildman–Crippen MR) is 177 cm³/mol. The molecule has 254 valence electrons. The number of benzene rings is 3. The van der Waals surface area contributed by atoms with Gasteiger partial charge in [-0.25, -0.2) is 8.78 Å². The molecular formula is C35H41ClF2N2O6S. The Labute approximate surface area is 282 Å². The first-order chi connectivity index (χ1) is 22.5. The van der Waals surface area contributed by atoms with Crippen LogP contribution in [0.1, 0.15) is 52.9 Å². The second-order valence-corrected chi connectivity index (χ2v) is 14.1. The molecule has 0 aromatic heterocycles. The number of likely N-dealkylation sites (tertiary alicyclic amines) is 1. The summed E-state index contributed by atoms with van der Waals surface area (Å²) in [6.45, 7) is 3.80. The molecule has 3 heterocycles. The van der Waals surface area contributed by atoms with Crippen LogP contribution in [-0.2, 0) is 15.9 Å². The summed E-state index contributed by atoms with van der Waals surface area (Å²) >= 11 is 7.98. The zero-order valence-corrected chi connectivity index (χ0v) is 27.8. The largest absolute Gasteiger partial charge is 0.489 e. The first kappa shape index (κ1) is 34.5. The number of ether oxygens (including phenoxy) is 3. The molecule has 0 spiro atoms. The second kappa shape index (κ2) is 14.7. The summed E-state index contributed by atoms with van der Waals surface area (Å²) in [4.78, 5) is 2.29. The highest BCUT2D eigenvalue weighted by molar-refractivity contribution is 7.99. The van der Waals surface area contributed by atoms with Crippen LogP contribution in [0.3, 0.4) is 0 Å². The number of hydrogen-bond acceptors (Lipinski definition) is 9. The molecule has 12 heteroatoms. The van der Waals surface area contributed by atoms with E-state index in [1.165, 1.54) is 11.8 Å². The maximum absolute atomic E-state index is 14.3. The van der Waals surface area contributed by atoms with E-state index in [9.17, 15) is 24.1 Å². The van der Waals surface area contributed by atoms with Gasteiger partial charge in [0.15, 0.2) is 0 Å². The average Bonchev–Trinajstić information content (AvgIpc) is 3.53. The van der Waals surface area contributed by atoms with E-state index in [0.29, 0.717) is 36.6 Å². The fourth-order valence-electron chi connectivity index (χ4n) is 6.92. The lowest BCUT2D eigenvalue weighted by Gasteiger charge is -2.40. The highest BCUT2D eigenvalue weighted by Gasteiger charge is 2.44. The first-order valence-electron chi connectivity index (χ1n) is 15.9. The van der Waals surface area contributed by atoms with E-state index in [1.807, 2.05) is 43.3 Å². The van der Waals surface area contributed by atoms with Crippen LogP contribution in [-0.4, -0.2) is 88.1 Å². The number of aliphatic hydroxyl groups excluding tert-OH is 3. The molecule has 3 aromatic carbocycles. The number of rotatable bonds is 8. The average molecular weight is 691 g/mol. The number of halogens is 3. The summed E-state index contributed by atoms with van der Waals surface area (Å²) in [5, 5.41) is 32.0. The number of aliphatic hydroxyl groups is 3. The molecule has 3 saturated heterocycles. The summed E-state index contributed by atoms with van der Waals surface area (Å²) in [5.74, 6) is -0.277. The van der Waals surface area contributed by atoms with Crippen molar-refractivity contribution in [2.45, 2.75) is 80.3 Å². The topological polar surface area (TPSA) is 118 Å². The predicted octanol–water partition coefficient (Wildman–Crippen LogP) is 4.67. The van der Waals surface area contributed by atoms with E-state index >= 15 is 0 Å². The van der Waals surface area contributed by atoms with Crippen LogP contribution in [0, 0.1) is 18.6 Å². The highest BCUT2D eigenvalue weighted by Crippen LogP contribution is 2.38.